The van der Waals surface area contributed by atoms with Gasteiger partial charge in [-0.2, -0.15) is 0 Å². The summed E-state index contributed by atoms with van der Waals surface area (Å²) in [6.07, 6.45) is 1.24. The summed E-state index contributed by atoms with van der Waals surface area (Å²) in [6.45, 7) is 4.40. The second-order valence-corrected chi connectivity index (χ2v) is 7.51. The first-order valence-corrected chi connectivity index (χ1v) is 7.90. The molecule has 1 aliphatic rings. The Morgan fingerprint density at radius 3 is 2.65 bits per heavy atom. The number of hydrogen-bond acceptors (Lipinski definition) is 3. The normalized spacial score (nSPS) is 18.5. The van der Waals surface area contributed by atoms with Crippen LogP contribution in [0.4, 0.5) is 11.4 Å². The number of anilines is 2. The van der Waals surface area contributed by atoms with E-state index in [1.165, 1.54) is 10.6 Å². The fraction of sp³-hybridized carbons (Fsp3) is 0.455. The van der Waals surface area contributed by atoms with Crippen molar-refractivity contribution in [2.45, 2.75) is 19.4 Å². The van der Waals surface area contributed by atoms with E-state index in [1.54, 1.807) is 0 Å². The molecule has 2 rings (SSSR count). The van der Waals surface area contributed by atoms with Gasteiger partial charge in [0.1, 0.15) is 0 Å². The van der Waals surface area contributed by atoms with Gasteiger partial charge in [-0.05, 0) is 41.9 Å². The minimum atomic E-state index is -3.31. The highest BCUT2D eigenvalue weighted by atomic mass is 79.9. The molecule has 1 aromatic carbocycles. The van der Waals surface area contributed by atoms with Crippen LogP contribution in [0.5, 0.6) is 0 Å². The second-order valence-electron chi connectivity index (χ2n) is 4.83. The maximum absolute atomic E-state index is 12.0. The number of halogens is 1. The Balaban J connectivity index is 2.72. The number of nitrogens with one attached hydrogen (secondary N) is 1. The number of sulfonamides is 1. The lowest BCUT2D eigenvalue weighted by Gasteiger charge is -2.43. The van der Waals surface area contributed by atoms with Gasteiger partial charge in [0.25, 0.3) is 0 Å². The lowest BCUT2D eigenvalue weighted by molar-refractivity contribution is 0.514. The Morgan fingerprint density at radius 2 is 2.06 bits per heavy atom. The van der Waals surface area contributed by atoms with Crippen molar-refractivity contribution in [1.82, 2.24) is 0 Å². The lowest BCUT2D eigenvalue weighted by atomic mass is 10.0. The van der Waals surface area contributed by atoms with E-state index < -0.39 is 15.6 Å². The highest BCUT2D eigenvalue weighted by Crippen LogP contribution is 2.42. The first-order valence-electron chi connectivity index (χ1n) is 5.26. The number of hydrogen-bond donors (Lipinski definition) is 1. The molecule has 1 aromatic rings. The number of nitrogens with zero attached hydrogens (tertiary/aromatic N) is 1. The maximum atomic E-state index is 12.0. The Bertz CT molecular complexity index is 555. The van der Waals surface area contributed by atoms with Gasteiger partial charge in [0, 0.05) is 11.0 Å². The zero-order valence-corrected chi connectivity index (χ0v) is 12.4. The highest BCUT2D eigenvalue weighted by molar-refractivity contribution is 9.10. The van der Waals surface area contributed by atoms with E-state index >= 15 is 0 Å². The summed E-state index contributed by atoms with van der Waals surface area (Å²) in [7, 11) is -3.31. The largest absolute Gasteiger partial charge is 0.381 e. The molecule has 0 amide bonds. The van der Waals surface area contributed by atoms with Gasteiger partial charge in [-0.15, -0.1) is 0 Å². The Kier molecular flexibility index (Phi) is 2.90. The smallest absolute Gasteiger partial charge is 0.232 e. The molecule has 0 unspecified atom stereocenters. The van der Waals surface area contributed by atoms with E-state index in [0.717, 1.165) is 10.2 Å². The molecule has 0 saturated carbocycles. The van der Waals surface area contributed by atoms with Crippen LogP contribution in [0.3, 0.4) is 0 Å². The van der Waals surface area contributed by atoms with Crippen molar-refractivity contribution in [2.75, 3.05) is 22.4 Å². The standard InChI is InChI=1S/C11H15BrN2O2S/c1-11(2)7-13-9-6-4-5-8(12)10(9)14(11)17(3,15)16/h4-6,13H,7H2,1-3H3. The Labute approximate surface area is 110 Å². The van der Waals surface area contributed by atoms with Gasteiger partial charge in [-0.3, -0.25) is 4.31 Å². The molecular formula is C11H15BrN2O2S. The van der Waals surface area contributed by atoms with Gasteiger partial charge in [-0.25, -0.2) is 8.42 Å². The summed E-state index contributed by atoms with van der Waals surface area (Å²) < 4.78 is 26.2. The maximum Gasteiger partial charge on any atom is 0.232 e. The van der Waals surface area contributed by atoms with Crippen LogP contribution >= 0.6 is 15.9 Å². The van der Waals surface area contributed by atoms with E-state index in [2.05, 4.69) is 21.2 Å². The van der Waals surface area contributed by atoms with Crippen LogP contribution in [-0.2, 0) is 10.0 Å². The van der Waals surface area contributed by atoms with E-state index in [9.17, 15) is 8.42 Å². The zero-order chi connectivity index (χ0) is 12.8. The van der Waals surface area contributed by atoms with Crippen molar-refractivity contribution in [3.8, 4) is 0 Å². The third-order valence-corrected chi connectivity index (χ3v) is 4.76. The van der Waals surface area contributed by atoms with E-state index in [4.69, 9.17) is 0 Å². The molecule has 1 heterocycles. The summed E-state index contributed by atoms with van der Waals surface area (Å²) in [6, 6.07) is 5.61. The van der Waals surface area contributed by atoms with Crippen LogP contribution < -0.4 is 9.62 Å². The number of fused-ring (bicyclic) bond motifs is 1. The molecule has 0 atom stereocenters. The van der Waals surface area contributed by atoms with Gasteiger partial charge in [0.15, 0.2) is 0 Å². The van der Waals surface area contributed by atoms with Crippen LogP contribution in [0.25, 0.3) is 0 Å². The fourth-order valence-electron chi connectivity index (χ4n) is 2.17. The summed E-state index contributed by atoms with van der Waals surface area (Å²) in [5.74, 6) is 0. The fourth-order valence-corrected chi connectivity index (χ4v) is 4.32. The molecule has 1 N–H and O–H groups in total. The van der Waals surface area contributed by atoms with Gasteiger partial charge in [-0.1, -0.05) is 6.07 Å². The molecule has 0 fully saturated rings. The first-order chi connectivity index (χ1) is 7.73. The van der Waals surface area contributed by atoms with Crippen molar-refractivity contribution in [3.63, 3.8) is 0 Å². The average Bonchev–Trinajstić information content (AvgIpc) is 2.16. The van der Waals surface area contributed by atoms with Crippen LogP contribution in [-0.4, -0.2) is 26.8 Å². The van der Waals surface area contributed by atoms with Gasteiger partial charge >= 0.3 is 0 Å². The molecule has 0 saturated heterocycles. The monoisotopic (exact) mass is 318 g/mol. The van der Waals surface area contributed by atoms with E-state index in [1.807, 2.05) is 32.0 Å². The number of para-hydroxylation sites is 1. The molecule has 4 nitrogen and oxygen atoms in total. The molecular weight excluding hydrogens is 304 g/mol. The Morgan fingerprint density at radius 1 is 1.41 bits per heavy atom. The molecule has 0 bridgehead atoms. The minimum Gasteiger partial charge on any atom is -0.381 e. The van der Waals surface area contributed by atoms with Crippen LogP contribution in [0, 0.1) is 0 Å². The topological polar surface area (TPSA) is 49.4 Å². The van der Waals surface area contributed by atoms with Gasteiger partial charge in [0.05, 0.1) is 23.2 Å². The van der Waals surface area contributed by atoms with E-state index in [-0.39, 0.29) is 0 Å². The molecule has 0 radical (unpaired) electrons. The summed E-state index contributed by atoms with van der Waals surface area (Å²) in [4.78, 5) is 0. The van der Waals surface area contributed by atoms with Crippen LogP contribution in [0.15, 0.2) is 22.7 Å². The van der Waals surface area contributed by atoms with Crippen molar-refractivity contribution >= 4 is 37.3 Å². The second kappa shape index (κ2) is 3.88. The number of benzene rings is 1. The first kappa shape index (κ1) is 12.7. The predicted molar refractivity (Wildman–Crippen MR) is 74.0 cm³/mol. The zero-order valence-electron chi connectivity index (χ0n) is 9.99. The number of rotatable bonds is 1. The predicted octanol–water partition coefficient (Wildman–Crippen LogP) is 2.42. The quantitative estimate of drug-likeness (QED) is 0.865. The lowest BCUT2D eigenvalue weighted by Crippen LogP contribution is -2.54. The average molecular weight is 319 g/mol. The van der Waals surface area contributed by atoms with Crippen molar-refractivity contribution in [3.05, 3.63) is 22.7 Å². The molecule has 6 heteroatoms. The SMILES string of the molecule is CC1(C)CNc2cccc(Br)c2N1S(C)(=O)=O. The summed E-state index contributed by atoms with van der Waals surface area (Å²) in [5, 5.41) is 3.26. The molecule has 0 aliphatic carbocycles. The summed E-state index contributed by atoms with van der Waals surface area (Å²) >= 11 is 3.42. The molecule has 0 spiro atoms. The van der Waals surface area contributed by atoms with Crippen molar-refractivity contribution in [2.24, 2.45) is 0 Å². The third kappa shape index (κ3) is 2.15. The molecule has 94 valence electrons. The summed E-state index contributed by atoms with van der Waals surface area (Å²) in [5.41, 5.74) is 1.04. The third-order valence-electron chi connectivity index (χ3n) is 2.78. The van der Waals surface area contributed by atoms with Crippen molar-refractivity contribution in [1.29, 1.82) is 0 Å². The highest BCUT2D eigenvalue weighted by Gasteiger charge is 2.39. The Hall–Kier alpha value is -0.750. The molecule has 1 aliphatic heterocycles. The molecule has 17 heavy (non-hydrogen) atoms. The van der Waals surface area contributed by atoms with Gasteiger partial charge < -0.3 is 5.32 Å². The van der Waals surface area contributed by atoms with Gasteiger partial charge in [0.2, 0.25) is 10.0 Å². The van der Waals surface area contributed by atoms with Crippen LogP contribution in [0.1, 0.15) is 13.8 Å². The van der Waals surface area contributed by atoms with Crippen molar-refractivity contribution < 1.29 is 8.42 Å². The molecule has 0 aromatic heterocycles. The van der Waals surface area contributed by atoms with Crippen LogP contribution in [0.2, 0.25) is 0 Å². The van der Waals surface area contributed by atoms with E-state index in [0.29, 0.717) is 12.2 Å². The minimum absolute atomic E-state index is 0.482.